The molecule has 1 aliphatic carbocycles. The molecule has 5 heteroatoms. The topological polar surface area (TPSA) is 75.6 Å². The first-order valence-electron chi connectivity index (χ1n) is 7.96. The maximum Gasteiger partial charge on any atom is 0.303 e. The van der Waals surface area contributed by atoms with Crippen molar-refractivity contribution < 1.29 is 19.4 Å². The van der Waals surface area contributed by atoms with Crippen LogP contribution in [-0.4, -0.2) is 36.2 Å². The van der Waals surface area contributed by atoms with Crippen molar-refractivity contribution in [1.29, 1.82) is 0 Å². The molecule has 1 fully saturated rings. The molecule has 3 atom stereocenters. The van der Waals surface area contributed by atoms with Crippen molar-refractivity contribution in [3.05, 3.63) is 0 Å². The molecule has 0 radical (unpaired) electrons. The molecule has 1 amide bonds. The number of carbonyl (C=O) groups is 2. The number of nitrogens with one attached hydrogen (secondary N) is 1. The number of amides is 1. The van der Waals surface area contributed by atoms with Crippen molar-refractivity contribution in [2.45, 2.75) is 71.4 Å². The van der Waals surface area contributed by atoms with Crippen LogP contribution in [-0.2, 0) is 14.3 Å². The van der Waals surface area contributed by atoms with Crippen LogP contribution in [0.2, 0.25) is 0 Å². The van der Waals surface area contributed by atoms with Gasteiger partial charge in [0.1, 0.15) is 0 Å². The van der Waals surface area contributed by atoms with Gasteiger partial charge >= 0.3 is 5.97 Å². The third-order valence-electron chi connectivity index (χ3n) is 5.12. The summed E-state index contributed by atoms with van der Waals surface area (Å²) < 4.78 is 5.62. The number of methoxy groups -OCH3 is 1. The smallest absolute Gasteiger partial charge is 0.303 e. The van der Waals surface area contributed by atoms with Crippen LogP contribution >= 0.6 is 0 Å². The van der Waals surface area contributed by atoms with Crippen LogP contribution in [0.5, 0.6) is 0 Å². The highest BCUT2D eigenvalue weighted by Crippen LogP contribution is 2.52. The van der Waals surface area contributed by atoms with Crippen LogP contribution in [0.3, 0.4) is 0 Å². The molecule has 0 spiro atoms. The van der Waals surface area contributed by atoms with Crippen LogP contribution in [0.1, 0.15) is 59.3 Å². The summed E-state index contributed by atoms with van der Waals surface area (Å²) >= 11 is 0. The van der Waals surface area contributed by atoms with Gasteiger partial charge in [-0.25, -0.2) is 0 Å². The summed E-state index contributed by atoms with van der Waals surface area (Å²) in [7, 11) is 1.74. The van der Waals surface area contributed by atoms with E-state index in [0.29, 0.717) is 25.2 Å². The second-order valence-corrected chi connectivity index (χ2v) is 6.10. The van der Waals surface area contributed by atoms with Gasteiger partial charge < -0.3 is 15.2 Å². The minimum Gasteiger partial charge on any atom is -0.481 e. The fourth-order valence-corrected chi connectivity index (χ4v) is 3.90. The summed E-state index contributed by atoms with van der Waals surface area (Å²) in [5, 5.41) is 11.7. The highest BCUT2D eigenvalue weighted by atomic mass is 16.5. The van der Waals surface area contributed by atoms with Gasteiger partial charge in [0.25, 0.3) is 0 Å². The lowest BCUT2D eigenvalue weighted by Gasteiger charge is -2.59. The lowest BCUT2D eigenvalue weighted by molar-refractivity contribution is -0.172. The van der Waals surface area contributed by atoms with Gasteiger partial charge in [-0.15, -0.1) is 0 Å². The molecule has 122 valence electrons. The first-order valence-corrected chi connectivity index (χ1v) is 7.96. The molecular formula is C16H29NO4. The van der Waals surface area contributed by atoms with E-state index in [1.165, 1.54) is 0 Å². The van der Waals surface area contributed by atoms with Gasteiger partial charge in [0.05, 0.1) is 6.10 Å². The Hall–Kier alpha value is -1.10. The summed E-state index contributed by atoms with van der Waals surface area (Å²) in [6.45, 7) is 6.41. The number of carbonyl (C=O) groups excluding carboxylic acids is 1. The Morgan fingerprint density at radius 2 is 1.76 bits per heavy atom. The predicted octanol–water partition coefficient (Wildman–Crippen LogP) is 2.59. The van der Waals surface area contributed by atoms with E-state index >= 15 is 0 Å². The van der Waals surface area contributed by atoms with Gasteiger partial charge in [-0.3, -0.25) is 9.59 Å². The van der Waals surface area contributed by atoms with E-state index in [9.17, 15) is 9.59 Å². The van der Waals surface area contributed by atoms with Gasteiger partial charge in [0.15, 0.2) is 0 Å². The molecule has 5 nitrogen and oxygen atoms in total. The fraction of sp³-hybridized carbons (Fsp3) is 0.875. The largest absolute Gasteiger partial charge is 0.481 e. The van der Waals surface area contributed by atoms with E-state index in [2.05, 4.69) is 26.1 Å². The first kappa shape index (κ1) is 18.0. The summed E-state index contributed by atoms with van der Waals surface area (Å²) in [6.07, 6.45) is 3.87. The van der Waals surface area contributed by atoms with Crippen LogP contribution in [0.25, 0.3) is 0 Å². The Morgan fingerprint density at radius 3 is 2.24 bits per heavy atom. The summed E-state index contributed by atoms with van der Waals surface area (Å²) in [5.74, 6) is -0.460. The van der Waals surface area contributed by atoms with Crippen LogP contribution in [0.4, 0.5) is 0 Å². The second-order valence-electron chi connectivity index (χ2n) is 6.10. The molecule has 1 rings (SSSR count). The number of hydrogen-bond donors (Lipinski definition) is 2. The van der Waals surface area contributed by atoms with E-state index in [0.717, 1.165) is 12.8 Å². The normalized spacial score (nSPS) is 27.0. The van der Waals surface area contributed by atoms with Crippen LogP contribution in [0, 0.1) is 11.3 Å². The molecule has 0 aromatic heterocycles. The number of unbranched alkanes of at least 4 members (excludes halogenated alkanes) is 1. The molecule has 21 heavy (non-hydrogen) atoms. The quantitative estimate of drug-likeness (QED) is 0.642. The van der Waals surface area contributed by atoms with Gasteiger partial charge in [0, 0.05) is 37.3 Å². The van der Waals surface area contributed by atoms with Crippen molar-refractivity contribution >= 4 is 11.9 Å². The van der Waals surface area contributed by atoms with Crippen molar-refractivity contribution in [3.63, 3.8) is 0 Å². The highest BCUT2D eigenvalue weighted by molar-refractivity contribution is 5.76. The number of rotatable bonds is 9. The molecule has 0 aromatic rings. The Labute approximate surface area is 127 Å². The number of aliphatic carboxylic acids is 1. The van der Waals surface area contributed by atoms with E-state index in [1.54, 1.807) is 7.11 Å². The molecule has 0 aliphatic heterocycles. The average Bonchev–Trinajstić information content (AvgIpc) is 2.46. The minimum atomic E-state index is -0.804. The number of carboxylic acids is 1. The zero-order valence-corrected chi connectivity index (χ0v) is 13.6. The summed E-state index contributed by atoms with van der Waals surface area (Å²) in [5.41, 5.74) is 0.0326. The summed E-state index contributed by atoms with van der Waals surface area (Å²) in [6, 6.07) is 0.157. The molecule has 0 aromatic carbocycles. The predicted molar refractivity (Wildman–Crippen MR) is 81.0 cm³/mol. The van der Waals surface area contributed by atoms with Crippen molar-refractivity contribution in [1.82, 2.24) is 5.32 Å². The number of ether oxygens (including phenoxy) is 1. The monoisotopic (exact) mass is 299 g/mol. The lowest BCUT2D eigenvalue weighted by Crippen LogP contribution is -2.69. The maximum atomic E-state index is 12.1. The van der Waals surface area contributed by atoms with Crippen molar-refractivity contribution in [2.75, 3.05) is 7.11 Å². The Bertz CT molecular complexity index is 365. The molecule has 1 aliphatic rings. The van der Waals surface area contributed by atoms with Crippen LogP contribution < -0.4 is 5.32 Å². The molecule has 2 N–H and O–H groups in total. The van der Waals surface area contributed by atoms with Crippen LogP contribution in [0.15, 0.2) is 0 Å². The number of carboxylic acid groups (broad SMARTS) is 1. The zero-order valence-electron chi connectivity index (χ0n) is 13.6. The summed E-state index contributed by atoms with van der Waals surface area (Å²) in [4.78, 5) is 22.5. The van der Waals surface area contributed by atoms with Crippen molar-refractivity contribution in [3.8, 4) is 0 Å². The van der Waals surface area contributed by atoms with Gasteiger partial charge in [-0.2, -0.15) is 0 Å². The maximum absolute atomic E-state index is 12.1. The Balaban J connectivity index is 2.49. The van der Waals surface area contributed by atoms with E-state index in [-0.39, 0.29) is 29.9 Å². The average molecular weight is 299 g/mol. The van der Waals surface area contributed by atoms with E-state index in [1.807, 2.05) is 0 Å². The van der Waals surface area contributed by atoms with E-state index < -0.39 is 5.97 Å². The second kappa shape index (κ2) is 7.78. The first-order chi connectivity index (χ1) is 9.92. The van der Waals surface area contributed by atoms with E-state index in [4.69, 9.17) is 9.84 Å². The van der Waals surface area contributed by atoms with Gasteiger partial charge in [0.2, 0.25) is 5.91 Å². The molecule has 0 heterocycles. The van der Waals surface area contributed by atoms with Gasteiger partial charge in [-0.05, 0) is 25.7 Å². The third kappa shape index (κ3) is 3.76. The minimum absolute atomic E-state index is 0.0260. The van der Waals surface area contributed by atoms with Crippen molar-refractivity contribution in [2.24, 2.45) is 11.3 Å². The molecular weight excluding hydrogens is 270 g/mol. The SMILES string of the molecule is CCC1(CC)C(NC(=O)CCCCC(=O)O)C(C)C1OC. The Morgan fingerprint density at radius 1 is 1.19 bits per heavy atom. The lowest BCUT2D eigenvalue weighted by atomic mass is 9.53. The molecule has 0 bridgehead atoms. The fourth-order valence-electron chi connectivity index (χ4n) is 3.90. The molecule has 1 saturated carbocycles. The number of hydrogen-bond acceptors (Lipinski definition) is 3. The Kier molecular flexibility index (Phi) is 6.65. The molecule has 3 unspecified atom stereocenters. The zero-order chi connectivity index (χ0) is 16.0. The standard InChI is InChI=1S/C16H29NO4/c1-5-16(6-2)14(11(3)15(16)21-4)17-12(18)9-7-8-10-13(19)20/h11,14-15H,5-10H2,1-4H3,(H,17,18)(H,19,20). The molecule has 0 saturated heterocycles. The third-order valence-corrected chi connectivity index (χ3v) is 5.12. The highest BCUT2D eigenvalue weighted by Gasteiger charge is 2.58. The van der Waals surface area contributed by atoms with Gasteiger partial charge in [-0.1, -0.05) is 20.8 Å².